The van der Waals surface area contributed by atoms with Crippen molar-refractivity contribution in [3.63, 3.8) is 0 Å². The molecule has 0 spiro atoms. The van der Waals surface area contributed by atoms with Gasteiger partial charge in [-0.25, -0.2) is 4.98 Å². The van der Waals surface area contributed by atoms with Gasteiger partial charge in [0.2, 0.25) is 0 Å². The van der Waals surface area contributed by atoms with Crippen LogP contribution in [0.4, 0.5) is 18.9 Å². The Morgan fingerprint density at radius 1 is 1.07 bits per heavy atom. The van der Waals surface area contributed by atoms with Crippen molar-refractivity contribution in [1.29, 1.82) is 0 Å². The maximum absolute atomic E-state index is 12.7. The number of aryl methyl sites for hydroxylation is 1. The molecule has 0 radical (unpaired) electrons. The van der Waals surface area contributed by atoms with Gasteiger partial charge in [-0.3, -0.25) is 0 Å². The number of hydrogen-bond donors (Lipinski definition) is 2. The van der Waals surface area contributed by atoms with E-state index < -0.39 is 12.4 Å². The molecule has 154 valence electrons. The van der Waals surface area contributed by atoms with Gasteiger partial charge in [0.1, 0.15) is 5.52 Å². The van der Waals surface area contributed by atoms with E-state index in [2.05, 4.69) is 28.9 Å². The Kier molecular flexibility index (Phi) is 5.98. The fraction of sp³-hybridized carbons (Fsp3) is 0.318. The van der Waals surface area contributed by atoms with Crippen molar-refractivity contribution in [3.8, 4) is 5.75 Å². The number of nitrogens with one attached hydrogen (secondary N) is 1. The largest absolute Gasteiger partial charge is 0.573 e. The summed E-state index contributed by atoms with van der Waals surface area (Å²) in [5, 5.41) is 13.6. The number of rotatable bonds is 6. The third kappa shape index (κ3) is 4.98. The first-order valence-electron chi connectivity index (χ1n) is 9.31. The minimum Gasteiger partial charge on any atom is -0.403 e. The summed E-state index contributed by atoms with van der Waals surface area (Å²) in [6.07, 6.45) is -4.81. The molecule has 3 rings (SSSR count). The zero-order chi connectivity index (χ0) is 21.2. The average Bonchev–Trinajstić information content (AvgIpc) is 2.65. The van der Waals surface area contributed by atoms with Crippen molar-refractivity contribution in [3.05, 3.63) is 65.4 Å². The lowest BCUT2D eigenvalue weighted by atomic mass is 9.99. The molecule has 3 aromatic rings. The smallest absolute Gasteiger partial charge is 0.403 e. The molecule has 4 nitrogen and oxygen atoms in total. The maximum atomic E-state index is 12.7. The molecule has 0 saturated heterocycles. The normalized spacial score (nSPS) is 13.0. The molecule has 7 heteroatoms. The maximum Gasteiger partial charge on any atom is 0.573 e. The standard InChI is InChI=1S/C22H23F3N2O2/c1-13(2)15-7-9-16(10-8-15)19(12-28)27-18-11-14(3)26-21-17(18)5-4-6-20(21)29-22(23,24)25/h4-11,13,19,28H,12H2,1-3H3,(H,26,27). The fourth-order valence-electron chi connectivity index (χ4n) is 3.21. The number of alkyl halides is 3. The molecule has 1 aromatic heterocycles. The highest BCUT2D eigenvalue weighted by atomic mass is 19.4. The monoisotopic (exact) mass is 404 g/mol. The van der Waals surface area contributed by atoms with Crippen LogP contribution in [-0.4, -0.2) is 23.1 Å². The lowest BCUT2D eigenvalue weighted by molar-refractivity contribution is -0.274. The predicted molar refractivity (Wildman–Crippen MR) is 107 cm³/mol. The van der Waals surface area contributed by atoms with Gasteiger partial charge >= 0.3 is 6.36 Å². The number of aromatic nitrogens is 1. The Balaban J connectivity index is 1.99. The number of hydrogen-bond acceptors (Lipinski definition) is 4. The average molecular weight is 404 g/mol. The van der Waals surface area contributed by atoms with Crippen LogP contribution < -0.4 is 10.1 Å². The van der Waals surface area contributed by atoms with Crippen LogP contribution in [0.15, 0.2) is 48.5 Å². The lowest BCUT2D eigenvalue weighted by Gasteiger charge is -2.21. The quantitative estimate of drug-likeness (QED) is 0.552. The highest BCUT2D eigenvalue weighted by Gasteiger charge is 2.32. The van der Waals surface area contributed by atoms with Crippen LogP contribution in [0.1, 0.15) is 42.6 Å². The number of para-hydroxylation sites is 1. The van der Waals surface area contributed by atoms with Crippen LogP contribution in [0.2, 0.25) is 0 Å². The van der Waals surface area contributed by atoms with Crippen molar-refractivity contribution < 1.29 is 23.0 Å². The molecule has 0 aliphatic carbocycles. The van der Waals surface area contributed by atoms with E-state index >= 15 is 0 Å². The minimum atomic E-state index is -4.81. The van der Waals surface area contributed by atoms with Gasteiger partial charge in [0, 0.05) is 16.8 Å². The molecular weight excluding hydrogens is 381 g/mol. The zero-order valence-electron chi connectivity index (χ0n) is 16.4. The molecule has 1 heterocycles. The summed E-state index contributed by atoms with van der Waals surface area (Å²) in [5.41, 5.74) is 3.28. The SMILES string of the molecule is Cc1cc(NC(CO)c2ccc(C(C)C)cc2)c2cccc(OC(F)(F)F)c2n1. The highest BCUT2D eigenvalue weighted by Crippen LogP contribution is 2.34. The summed E-state index contributed by atoms with van der Waals surface area (Å²) in [4.78, 5) is 4.23. The first kappa shape index (κ1) is 20.9. The number of aliphatic hydroxyl groups excluding tert-OH is 1. The molecule has 1 unspecified atom stereocenters. The van der Waals surface area contributed by atoms with Gasteiger partial charge in [0.25, 0.3) is 0 Å². The third-order valence-corrected chi connectivity index (χ3v) is 4.67. The number of aliphatic hydroxyl groups is 1. The third-order valence-electron chi connectivity index (χ3n) is 4.67. The van der Waals surface area contributed by atoms with Crippen LogP contribution >= 0.6 is 0 Å². The van der Waals surface area contributed by atoms with E-state index in [0.29, 0.717) is 22.7 Å². The van der Waals surface area contributed by atoms with Gasteiger partial charge in [0.05, 0.1) is 12.6 Å². The Hall–Kier alpha value is -2.80. The topological polar surface area (TPSA) is 54.4 Å². The van der Waals surface area contributed by atoms with Gasteiger partial charge in [-0.1, -0.05) is 50.2 Å². The van der Waals surface area contributed by atoms with Gasteiger partial charge in [-0.05, 0) is 36.1 Å². The molecule has 0 aliphatic rings. The van der Waals surface area contributed by atoms with Crippen molar-refractivity contribution in [2.75, 3.05) is 11.9 Å². The van der Waals surface area contributed by atoms with Crippen LogP contribution in [-0.2, 0) is 0 Å². The predicted octanol–water partition coefficient (Wildman–Crippen LogP) is 5.71. The van der Waals surface area contributed by atoms with E-state index in [9.17, 15) is 18.3 Å². The Labute approximate surface area is 167 Å². The summed E-state index contributed by atoms with van der Waals surface area (Å²) in [5.74, 6) is 0.0343. The van der Waals surface area contributed by atoms with Crippen LogP contribution in [0, 0.1) is 6.92 Å². The minimum absolute atomic E-state index is 0.110. The van der Waals surface area contributed by atoms with Crippen molar-refractivity contribution in [2.45, 2.75) is 39.1 Å². The van der Waals surface area contributed by atoms with Crippen molar-refractivity contribution in [1.82, 2.24) is 4.98 Å². The summed E-state index contributed by atoms with van der Waals surface area (Å²) in [6.45, 7) is 5.72. The molecule has 0 aliphatic heterocycles. The molecule has 0 bridgehead atoms. The van der Waals surface area contributed by atoms with E-state index in [1.165, 1.54) is 17.7 Å². The van der Waals surface area contributed by atoms with E-state index in [1.807, 2.05) is 24.3 Å². The first-order valence-corrected chi connectivity index (χ1v) is 9.31. The number of ether oxygens (including phenoxy) is 1. The number of halogens is 3. The summed E-state index contributed by atoms with van der Waals surface area (Å²) in [7, 11) is 0. The lowest BCUT2D eigenvalue weighted by Crippen LogP contribution is -2.18. The second-order valence-corrected chi connectivity index (χ2v) is 7.21. The van der Waals surface area contributed by atoms with Crippen LogP contribution in [0.3, 0.4) is 0 Å². The van der Waals surface area contributed by atoms with Crippen molar-refractivity contribution >= 4 is 16.6 Å². The van der Waals surface area contributed by atoms with E-state index in [0.717, 1.165) is 5.56 Å². The second kappa shape index (κ2) is 8.29. The first-order chi connectivity index (χ1) is 13.7. The van der Waals surface area contributed by atoms with E-state index in [1.54, 1.807) is 19.1 Å². The zero-order valence-corrected chi connectivity index (χ0v) is 16.4. The van der Waals surface area contributed by atoms with E-state index in [-0.39, 0.29) is 17.9 Å². The summed E-state index contributed by atoms with van der Waals surface area (Å²) >= 11 is 0. The summed E-state index contributed by atoms with van der Waals surface area (Å²) in [6, 6.07) is 13.6. The molecule has 0 amide bonds. The molecule has 2 N–H and O–H groups in total. The fourth-order valence-corrected chi connectivity index (χ4v) is 3.21. The Morgan fingerprint density at radius 2 is 1.72 bits per heavy atom. The molecule has 1 atom stereocenters. The second-order valence-electron chi connectivity index (χ2n) is 7.21. The number of nitrogens with zero attached hydrogens (tertiary/aromatic N) is 1. The van der Waals surface area contributed by atoms with E-state index in [4.69, 9.17) is 0 Å². The number of fused-ring (bicyclic) bond motifs is 1. The Bertz CT molecular complexity index is 986. The molecular formula is C22H23F3N2O2. The molecule has 29 heavy (non-hydrogen) atoms. The molecule has 0 fully saturated rings. The summed E-state index contributed by atoms with van der Waals surface area (Å²) < 4.78 is 42.4. The number of benzene rings is 2. The van der Waals surface area contributed by atoms with Gasteiger partial charge in [0.15, 0.2) is 5.75 Å². The van der Waals surface area contributed by atoms with Crippen LogP contribution in [0.5, 0.6) is 5.75 Å². The molecule has 0 saturated carbocycles. The van der Waals surface area contributed by atoms with Gasteiger partial charge in [-0.15, -0.1) is 13.2 Å². The van der Waals surface area contributed by atoms with Crippen LogP contribution in [0.25, 0.3) is 10.9 Å². The number of pyridine rings is 1. The Morgan fingerprint density at radius 3 is 2.31 bits per heavy atom. The molecule has 2 aromatic carbocycles. The number of anilines is 1. The highest BCUT2D eigenvalue weighted by molar-refractivity contribution is 5.95. The van der Waals surface area contributed by atoms with Gasteiger partial charge in [-0.2, -0.15) is 0 Å². The van der Waals surface area contributed by atoms with Crippen molar-refractivity contribution in [2.24, 2.45) is 0 Å². The van der Waals surface area contributed by atoms with Gasteiger partial charge < -0.3 is 15.2 Å².